The van der Waals surface area contributed by atoms with Crippen molar-refractivity contribution >= 4 is 5.91 Å². The number of amides is 1. The Kier molecular flexibility index (Phi) is 5.40. The van der Waals surface area contributed by atoms with E-state index in [1.54, 1.807) is 12.3 Å². The van der Waals surface area contributed by atoms with Crippen LogP contribution in [-0.2, 0) is 4.74 Å². The van der Waals surface area contributed by atoms with Crippen LogP contribution in [0.2, 0.25) is 0 Å². The lowest BCUT2D eigenvalue weighted by molar-refractivity contribution is -0.0337. The summed E-state index contributed by atoms with van der Waals surface area (Å²) in [5, 5.41) is 11.8. The largest absolute Gasteiger partial charge is 0.378 e. The second-order valence-electron chi connectivity index (χ2n) is 5.59. The number of nitrogens with zero attached hydrogens (tertiary/aromatic N) is 1. The van der Waals surface area contributed by atoms with Crippen LogP contribution in [0.3, 0.4) is 0 Å². The second kappa shape index (κ2) is 7.28. The first-order chi connectivity index (χ1) is 10.2. The third kappa shape index (κ3) is 3.85. The van der Waals surface area contributed by atoms with Gasteiger partial charge in [0.25, 0.3) is 5.91 Å². The van der Waals surface area contributed by atoms with Gasteiger partial charge in [0.1, 0.15) is 11.8 Å². The molecule has 1 saturated heterocycles. The van der Waals surface area contributed by atoms with Crippen LogP contribution in [0.1, 0.15) is 55.6 Å². The summed E-state index contributed by atoms with van der Waals surface area (Å²) in [6.07, 6.45) is 5.69. The lowest BCUT2D eigenvalue weighted by atomic mass is 9.89. The molecule has 1 aromatic rings. The molecule has 0 radical (unpaired) electrons. The third-order valence-corrected chi connectivity index (χ3v) is 4.28. The standard InChI is InChI=1S/C16H23N3O2/c1-3-12(4-2)15-8-13(5-6-21-15)19-16(20)14-7-11(9-17)10-18-14/h7,10,12-13,15,18H,3-6,8H2,1-2H3,(H,19,20)/t13-,15+/m0/s1. The molecule has 0 bridgehead atoms. The van der Waals surface area contributed by atoms with E-state index in [-0.39, 0.29) is 18.1 Å². The molecule has 2 N–H and O–H groups in total. The molecule has 1 aliphatic rings. The predicted molar refractivity (Wildman–Crippen MR) is 79.8 cm³/mol. The molecule has 1 aliphatic heterocycles. The quantitative estimate of drug-likeness (QED) is 0.874. The number of hydrogen-bond acceptors (Lipinski definition) is 3. The Morgan fingerprint density at radius 1 is 1.57 bits per heavy atom. The maximum absolute atomic E-state index is 12.2. The summed E-state index contributed by atoms with van der Waals surface area (Å²) in [6.45, 7) is 5.06. The van der Waals surface area contributed by atoms with E-state index in [0.29, 0.717) is 23.8 Å². The molecule has 0 spiro atoms. The second-order valence-corrected chi connectivity index (χ2v) is 5.59. The van der Waals surface area contributed by atoms with Gasteiger partial charge in [0.2, 0.25) is 0 Å². The van der Waals surface area contributed by atoms with Crippen LogP contribution < -0.4 is 5.32 Å². The van der Waals surface area contributed by atoms with E-state index in [4.69, 9.17) is 10.00 Å². The molecule has 0 aromatic carbocycles. The number of nitrogens with one attached hydrogen (secondary N) is 2. The van der Waals surface area contributed by atoms with Crippen LogP contribution in [0.4, 0.5) is 0 Å². The van der Waals surface area contributed by atoms with E-state index in [0.717, 1.165) is 25.7 Å². The predicted octanol–water partition coefficient (Wildman–Crippen LogP) is 2.60. The van der Waals surface area contributed by atoms with E-state index in [1.165, 1.54) is 0 Å². The number of aromatic amines is 1. The van der Waals surface area contributed by atoms with Gasteiger partial charge in [0.05, 0.1) is 11.7 Å². The van der Waals surface area contributed by atoms with Gasteiger partial charge in [0.15, 0.2) is 0 Å². The Morgan fingerprint density at radius 3 is 2.95 bits per heavy atom. The first kappa shape index (κ1) is 15.6. The van der Waals surface area contributed by atoms with Crippen molar-refractivity contribution in [3.8, 4) is 6.07 Å². The van der Waals surface area contributed by atoms with Gasteiger partial charge in [-0.25, -0.2) is 0 Å². The van der Waals surface area contributed by atoms with Gasteiger partial charge < -0.3 is 15.0 Å². The molecule has 21 heavy (non-hydrogen) atoms. The van der Waals surface area contributed by atoms with Crippen molar-refractivity contribution in [2.45, 2.75) is 51.7 Å². The van der Waals surface area contributed by atoms with E-state index in [9.17, 15) is 4.79 Å². The monoisotopic (exact) mass is 289 g/mol. The Morgan fingerprint density at radius 2 is 2.33 bits per heavy atom. The lowest BCUT2D eigenvalue weighted by Gasteiger charge is -2.34. The smallest absolute Gasteiger partial charge is 0.267 e. The summed E-state index contributed by atoms with van der Waals surface area (Å²) in [7, 11) is 0. The molecule has 1 aromatic heterocycles. The molecule has 1 amide bonds. The van der Waals surface area contributed by atoms with Gasteiger partial charge in [-0.15, -0.1) is 0 Å². The number of aromatic nitrogens is 1. The van der Waals surface area contributed by atoms with Crippen LogP contribution in [0.5, 0.6) is 0 Å². The van der Waals surface area contributed by atoms with Gasteiger partial charge in [-0.2, -0.15) is 5.26 Å². The molecule has 5 heteroatoms. The molecule has 2 rings (SSSR count). The minimum atomic E-state index is -0.147. The molecule has 2 atom stereocenters. The zero-order valence-corrected chi connectivity index (χ0v) is 12.7. The van der Waals surface area contributed by atoms with Gasteiger partial charge in [-0.05, 0) is 24.8 Å². The number of hydrogen-bond donors (Lipinski definition) is 2. The van der Waals surface area contributed by atoms with Crippen molar-refractivity contribution in [3.05, 3.63) is 23.5 Å². The van der Waals surface area contributed by atoms with Crippen molar-refractivity contribution in [2.24, 2.45) is 5.92 Å². The van der Waals surface area contributed by atoms with Crippen LogP contribution in [0, 0.1) is 17.2 Å². The van der Waals surface area contributed by atoms with Crippen LogP contribution in [0.15, 0.2) is 12.3 Å². The molecule has 2 heterocycles. The summed E-state index contributed by atoms with van der Waals surface area (Å²) in [5.41, 5.74) is 0.916. The fourth-order valence-corrected chi connectivity index (χ4v) is 2.96. The van der Waals surface area contributed by atoms with Crippen molar-refractivity contribution in [1.82, 2.24) is 10.3 Å². The minimum Gasteiger partial charge on any atom is -0.378 e. The fraction of sp³-hybridized carbons (Fsp3) is 0.625. The SMILES string of the molecule is CCC(CC)[C@H]1C[C@@H](NC(=O)c2cc(C#N)c[nH]2)CCO1. The highest BCUT2D eigenvalue weighted by molar-refractivity contribution is 5.93. The van der Waals surface area contributed by atoms with Crippen molar-refractivity contribution in [1.29, 1.82) is 5.26 Å². The normalized spacial score (nSPS) is 22.0. The number of carbonyl (C=O) groups is 1. The molecule has 5 nitrogen and oxygen atoms in total. The molecule has 0 aliphatic carbocycles. The van der Waals surface area contributed by atoms with Crippen LogP contribution >= 0.6 is 0 Å². The number of H-pyrrole nitrogens is 1. The Labute approximate surface area is 125 Å². The highest BCUT2D eigenvalue weighted by Crippen LogP contribution is 2.25. The highest BCUT2D eigenvalue weighted by Gasteiger charge is 2.28. The summed E-state index contributed by atoms with van der Waals surface area (Å²) >= 11 is 0. The van der Waals surface area contributed by atoms with Gasteiger partial charge >= 0.3 is 0 Å². The van der Waals surface area contributed by atoms with Crippen LogP contribution in [-0.4, -0.2) is 29.6 Å². The number of carbonyl (C=O) groups excluding carboxylic acids is 1. The van der Waals surface area contributed by atoms with E-state index < -0.39 is 0 Å². The van der Waals surface area contributed by atoms with Crippen molar-refractivity contribution in [3.63, 3.8) is 0 Å². The third-order valence-electron chi connectivity index (χ3n) is 4.28. The number of ether oxygens (including phenoxy) is 1. The van der Waals surface area contributed by atoms with E-state index in [1.807, 2.05) is 6.07 Å². The first-order valence-electron chi connectivity index (χ1n) is 7.68. The van der Waals surface area contributed by atoms with Crippen molar-refractivity contribution in [2.75, 3.05) is 6.61 Å². The van der Waals surface area contributed by atoms with Crippen molar-refractivity contribution < 1.29 is 9.53 Å². The Bertz CT molecular complexity index is 514. The summed E-state index contributed by atoms with van der Waals surface area (Å²) in [4.78, 5) is 15.0. The molecule has 114 valence electrons. The zero-order chi connectivity index (χ0) is 15.2. The fourth-order valence-electron chi connectivity index (χ4n) is 2.96. The summed E-state index contributed by atoms with van der Waals surface area (Å²) in [5.74, 6) is 0.409. The average Bonchev–Trinajstić information content (AvgIpc) is 2.98. The lowest BCUT2D eigenvalue weighted by Crippen LogP contribution is -2.44. The average molecular weight is 289 g/mol. The molecular weight excluding hydrogens is 266 g/mol. The first-order valence-corrected chi connectivity index (χ1v) is 7.68. The van der Waals surface area contributed by atoms with E-state index >= 15 is 0 Å². The Hall–Kier alpha value is -1.80. The summed E-state index contributed by atoms with van der Waals surface area (Å²) < 4.78 is 5.86. The molecule has 1 fully saturated rings. The number of rotatable bonds is 5. The highest BCUT2D eigenvalue weighted by atomic mass is 16.5. The minimum absolute atomic E-state index is 0.144. The maximum atomic E-state index is 12.2. The summed E-state index contributed by atoms with van der Waals surface area (Å²) in [6, 6.07) is 3.73. The van der Waals surface area contributed by atoms with Gasteiger partial charge in [0, 0.05) is 18.8 Å². The van der Waals surface area contributed by atoms with Gasteiger partial charge in [-0.1, -0.05) is 26.7 Å². The molecule has 0 unspecified atom stereocenters. The Balaban J connectivity index is 1.93. The van der Waals surface area contributed by atoms with E-state index in [2.05, 4.69) is 24.1 Å². The zero-order valence-electron chi connectivity index (χ0n) is 12.7. The maximum Gasteiger partial charge on any atom is 0.267 e. The topological polar surface area (TPSA) is 77.9 Å². The molecular formula is C16H23N3O2. The molecule has 0 saturated carbocycles. The van der Waals surface area contributed by atoms with Gasteiger partial charge in [-0.3, -0.25) is 4.79 Å². The van der Waals surface area contributed by atoms with Crippen LogP contribution in [0.25, 0.3) is 0 Å². The number of nitriles is 1.